The Balaban J connectivity index is 2.39. The molecule has 0 saturated carbocycles. The highest BCUT2D eigenvalue weighted by molar-refractivity contribution is 5.78. The molecule has 1 aromatic carbocycles. The molecule has 0 aliphatic carbocycles. The fourth-order valence-electron chi connectivity index (χ4n) is 1.46. The van der Waals surface area contributed by atoms with E-state index >= 15 is 0 Å². The smallest absolute Gasteiger partial charge is 0.358 e. The van der Waals surface area contributed by atoms with E-state index in [0.29, 0.717) is 5.56 Å². The normalized spacial score (nSPS) is 9.88. The summed E-state index contributed by atoms with van der Waals surface area (Å²) in [4.78, 5) is 24.2. The van der Waals surface area contributed by atoms with Crippen molar-refractivity contribution in [3.8, 4) is 11.1 Å². The molecule has 0 radical (unpaired) electrons. The third kappa shape index (κ3) is 2.34. The van der Waals surface area contributed by atoms with Gasteiger partial charge in [-0.3, -0.25) is 4.79 Å². The SMILES string of the molecule is O=Cc1cccc(-c2ccc([N+](=O)[O-])nc2)c1. The van der Waals surface area contributed by atoms with Crippen molar-refractivity contribution in [2.24, 2.45) is 0 Å². The molecule has 2 rings (SSSR count). The van der Waals surface area contributed by atoms with Crippen LogP contribution in [0, 0.1) is 10.1 Å². The zero-order chi connectivity index (χ0) is 12.3. The van der Waals surface area contributed by atoms with Gasteiger partial charge in [0.1, 0.15) is 12.5 Å². The molecule has 0 aliphatic rings. The summed E-state index contributed by atoms with van der Waals surface area (Å²) in [5.74, 6) is -0.194. The summed E-state index contributed by atoms with van der Waals surface area (Å²) in [6.45, 7) is 0. The van der Waals surface area contributed by atoms with Gasteiger partial charge in [-0.05, 0) is 27.6 Å². The molecular weight excluding hydrogens is 220 g/mol. The molecule has 0 saturated heterocycles. The minimum Gasteiger partial charge on any atom is -0.358 e. The Morgan fingerprint density at radius 1 is 1.18 bits per heavy atom. The van der Waals surface area contributed by atoms with Crippen molar-refractivity contribution in [3.63, 3.8) is 0 Å². The fraction of sp³-hybridized carbons (Fsp3) is 0. The number of rotatable bonds is 3. The Kier molecular flexibility index (Phi) is 2.91. The summed E-state index contributed by atoms with van der Waals surface area (Å²) in [5.41, 5.74) is 2.09. The molecule has 0 unspecified atom stereocenters. The molecule has 0 atom stereocenters. The lowest BCUT2D eigenvalue weighted by Crippen LogP contribution is -1.91. The summed E-state index contributed by atoms with van der Waals surface area (Å²) >= 11 is 0. The minimum atomic E-state index is -0.550. The first-order valence-corrected chi connectivity index (χ1v) is 4.87. The van der Waals surface area contributed by atoms with Gasteiger partial charge in [0.2, 0.25) is 0 Å². The van der Waals surface area contributed by atoms with Gasteiger partial charge in [0.15, 0.2) is 0 Å². The zero-order valence-corrected chi connectivity index (χ0v) is 8.74. The molecule has 0 aliphatic heterocycles. The van der Waals surface area contributed by atoms with Crippen LogP contribution in [0.25, 0.3) is 11.1 Å². The summed E-state index contributed by atoms with van der Waals surface area (Å²) in [6.07, 6.45) is 2.17. The lowest BCUT2D eigenvalue weighted by atomic mass is 10.1. The first-order valence-electron chi connectivity index (χ1n) is 4.87. The van der Waals surface area contributed by atoms with Crippen LogP contribution in [-0.4, -0.2) is 16.2 Å². The summed E-state index contributed by atoms with van der Waals surface area (Å²) in [7, 11) is 0. The highest BCUT2D eigenvalue weighted by Gasteiger charge is 2.07. The van der Waals surface area contributed by atoms with Crippen LogP contribution >= 0.6 is 0 Å². The molecule has 5 nitrogen and oxygen atoms in total. The van der Waals surface area contributed by atoms with Crippen LogP contribution in [0.15, 0.2) is 42.6 Å². The summed E-state index contributed by atoms with van der Waals surface area (Å²) < 4.78 is 0. The number of aromatic nitrogens is 1. The van der Waals surface area contributed by atoms with Crippen molar-refractivity contribution < 1.29 is 9.72 Å². The molecule has 0 bridgehead atoms. The van der Waals surface area contributed by atoms with Crippen molar-refractivity contribution in [2.75, 3.05) is 0 Å². The van der Waals surface area contributed by atoms with Gasteiger partial charge >= 0.3 is 5.82 Å². The van der Waals surface area contributed by atoms with Gasteiger partial charge in [0, 0.05) is 17.2 Å². The fourth-order valence-corrected chi connectivity index (χ4v) is 1.46. The molecule has 0 amide bonds. The number of carbonyl (C=O) groups is 1. The molecule has 17 heavy (non-hydrogen) atoms. The standard InChI is InChI=1S/C12H8N2O3/c15-8-9-2-1-3-10(6-9)11-4-5-12(13-7-11)14(16)17/h1-8H. The number of hydrogen-bond donors (Lipinski definition) is 0. The van der Waals surface area contributed by atoms with Gasteiger partial charge in [-0.2, -0.15) is 0 Å². The van der Waals surface area contributed by atoms with Crippen LogP contribution in [0.2, 0.25) is 0 Å². The number of nitro groups is 1. The predicted octanol–water partition coefficient (Wildman–Crippen LogP) is 2.47. The van der Waals surface area contributed by atoms with E-state index in [1.54, 1.807) is 24.3 Å². The average Bonchev–Trinajstić information content (AvgIpc) is 2.39. The van der Waals surface area contributed by atoms with Crippen molar-refractivity contribution >= 4 is 12.1 Å². The quantitative estimate of drug-likeness (QED) is 0.459. The number of aldehydes is 1. The van der Waals surface area contributed by atoms with Gasteiger partial charge in [-0.15, -0.1) is 0 Å². The Hall–Kier alpha value is -2.56. The highest BCUT2D eigenvalue weighted by atomic mass is 16.6. The minimum absolute atomic E-state index is 0.194. The molecule has 0 fully saturated rings. The Morgan fingerprint density at radius 3 is 2.59 bits per heavy atom. The van der Waals surface area contributed by atoms with E-state index < -0.39 is 4.92 Å². The number of pyridine rings is 1. The second kappa shape index (κ2) is 4.52. The molecule has 1 aromatic heterocycles. The van der Waals surface area contributed by atoms with E-state index in [0.717, 1.165) is 17.4 Å². The first-order chi connectivity index (χ1) is 8.20. The summed E-state index contributed by atoms with van der Waals surface area (Å²) in [6, 6.07) is 9.90. The van der Waals surface area contributed by atoms with Crippen LogP contribution in [0.3, 0.4) is 0 Å². The number of carbonyl (C=O) groups excluding carboxylic acids is 1. The molecule has 84 valence electrons. The third-order valence-electron chi connectivity index (χ3n) is 2.29. The first kappa shape index (κ1) is 10.9. The van der Waals surface area contributed by atoms with E-state index in [9.17, 15) is 14.9 Å². The van der Waals surface area contributed by atoms with Crippen LogP contribution in [-0.2, 0) is 0 Å². The predicted molar refractivity (Wildman–Crippen MR) is 61.7 cm³/mol. The van der Waals surface area contributed by atoms with Crippen molar-refractivity contribution in [1.82, 2.24) is 4.98 Å². The van der Waals surface area contributed by atoms with E-state index in [2.05, 4.69) is 4.98 Å². The second-order valence-electron chi connectivity index (χ2n) is 3.41. The van der Waals surface area contributed by atoms with Crippen LogP contribution < -0.4 is 0 Å². The van der Waals surface area contributed by atoms with E-state index in [-0.39, 0.29) is 5.82 Å². The maximum Gasteiger partial charge on any atom is 0.363 e. The topological polar surface area (TPSA) is 73.1 Å². The molecule has 1 heterocycles. The number of benzene rings is 1. The van der Waals surface area contributed by atoms with Gasteiger partial charge < -0.3 is 10.1 Å². The van der Waals surface area contributed by atoms with E-state index in [1.165, 1.54) is 12.3 Å². The van der Waals surface area contributed by atoms with Crippen LogP contribution in [0.1, 0.15) is 10.4 Å². The molecule has 5 heteroatoms. The van der Waals surface area contributed by atoms with Gasteiger partial charge in [-0.25, -0.2) is 0 Å². The lowest BCUT2D eigenvalue weighted by molar-refractivity contribution is -0.389. The molecule has 0 spiro atoms. The van der Waals surface area contributed by atoms with Crippen molar-refractivity contribution in [2.45, 2.75) is 0 Å². The number of nitrogens with zero attached hydrogens (tertiary/aromatic N) is 2. The largest absolute Gasteiger partial charge is 0.363 e. The maximum absolute atomic E-state index is 10.6. The number of hydrogen-bond acceptors (Lipinski definition) is 4. The van der Waals surface area contributed by atoms with E-state index in [1.807, 2.05) is 6.07 Å². The van der Waals surface area contributed by atoms with Crippen LogP contribution in [0.4, 0.5) is 5.82 Å². The van der Waals surface area contributed by atoms with Gasteiger partial charge in [-0.1, -0.05) is 18.2 Å². The zero-order valence-electron chi connectivity index (χ0n) is 8.74. The Bertz CT molecular complexity index is 564. The molecule has 2 aromatic rings. The van der Waals surface area contributed by atoms with Gasteiger partial charge in [0.25, 0.3) is 0 Å². The maximum atomic E-state index is 10.6. The van der Waals surface area contributed by atoms with Gasteiger partial charge in [0.05, 0.1) is 0 Å². The average molecular weight is 228 g/mol. The second-order valence-corrected chi connectivity index (χ2v) is 3.41. The summed E-state index contributed by atoms with van der Waals surface area (Å²) in [5, 5.41) is 10.4. The molecular formula is C12H8N2O3. The van der Waals surface area contributed by atoms with Crippen LogP contribution in [0.5, 0.6) is 0 Å². The van der Waals surface area contributed by atoms with E-state index in [4.69, 9.17) is 0 Å². The lowest BCUT2D eigenvalue weighted by Gasteiger charge is -2.00. The third-order valence-corrected chi connectivity index (χ3v) is 2.29. The highest BCUT2D eigenvalue weighted by Crippen LogP contribution is 2.20. The molecule has 0 N–H and O–H groups in total. The monoisotopic (exact) mass is 228 g/mol. The van der Waals surface area contributed by atoms with Crippen molar-refractivity contribution in [3.05, 3.63) is 58.3 Å². The Morgan fingerprint density at radius 2 is 2.00 bits per heavy atom. The Labute approximate surface area is 96.9 Å². The van der Waals surface area contributed by atoms with Crippen molar-refractivity contribution in [1.29, 1.82) is 0 Å².